The minimum Gasteiger partial charge on any atom is -0.493 e. The molecule has 0 aliphatic carbocycles. The maximum absolute atomic E-state index is 12.5. The largest absolute Gasteiger partial charge is 0.493 e. The highest BCUT2D eigenvalue weighted by atomic mass is 32.2. The van der Waals surface area contributed by atoms with Crippen LogP contribution in [0.2, 0.25) is 0 Å². The molecule has 0 bridgehead atoms. The number of hydrogen-bond donors (Lipinski definition) is 3. The van der Waals surface area contributed by atoms with Gasteiger partial charge in [0.05, 0.1) is 11.5 Å². The van der Waals surface area contributed by atoms with Crippen LogP contribution in [0.15, 0.2) is 64.0 Å². The Morgan fingerprint density at radius 1 is 1.15 bits per heavy atom. The quantitative estimate of drug-likeness (QED) is 0.408. The van der Waals surface area contributed by atoms with Crippen LogP contribution >= 0.6 is 12.2 Å². The number of anilines is 2. The lowest BCUT2D eigenvalue weighted by Gasteiger charge is -2.12. The fraction of sp³-hybridized carbons (Fsp3) is 0.227. The number of aryl methyl sites for hydroxylation is 1. The Hall–Kier alpha value is -3.44. The number of hydrogen-bond acceptors (Lipinski definition) is 7. The number of carbonyl (C=O) groups is 1. The third kappa shape index (κ3) is 7.02. The zero-order valence-electron chi connectivity index (χ0n) is 18.3. The normalized spacial score (nSPS) is 11.2. The maximum Gasteiger partial charge on any atom is 0.263 e. The van der Waals surface area contributed by atoms with Crippen molar-refractivity contribution in [1.29, 1.82) is 0 Å². The van der Waals surface area contributed by atoms with Gasteiger partial charge in [0.15, 0.2) is 10.9 Å². The summed E-state index contributed by atoms with van der Waals surface area (Å²) in [5.74, 6) is 1.15. The van der Waals surface area contributed by atoms with Crippen molar-refractivity contribution in [3.63, 3.8) is 0 Å². The molecule has 3 rings (SSSR count). The molecule has 0 saturated heterocycles. The van der Waals surface area contributed by atoms with Gasteiger partial charge >= 0.3 is 0 Å². The van der Waals surface area contributed by atoms with Crippen LogP contribution in [-0.4, -0.2) is 31.2 Å². The number of nitrogens with one attached hydrogen (secondary N) is 3. The van der Waals surface area contributed by atoms with Crippen molar-refractivity contribution in [2.75, 3.05) is 16.6 Å². The first-order valence-electron chi connectivity index (χ1n) is 10.0. The third-order valence-electron chi connectivity index (χ3n) is 4.20. The highest BCUT2D eigenvalue weighted by molar-refractivity contribution is 7.92. The maximum atomic E-state index is 12.5. The number of aromatic nitrogens is 1. The molecule has 0 spiro atoms. The molecule has 0 aliphatic heterocycles. The van der Waals surface area contributed by atoms with Crippen molar-refractivity contribution < 1.29 is 22.5 Å². The van der Waals surface area contributed by atoms with Gasteiger partial charge in [0.25, 0.3) is 15.9 Å². The van der Waals surface area contributed by atoms with Crippen LogP contribution in [0.25, 0.3) is 0 Å². The molecule has 3 N–H and O–H groups in total. The SMILES string of the molecule is Cc1cc(NS(=O)(=O)c2ccc(NC(=S)NC(=O)c3cccc(OCC(C)C)c3)cc2)no1. The van der Waals surface area contributed by atoms with E-state index in [2.05, 4.69) is 20.5 Å². The lowest BCUT2D eigenvalue weighted by atomic mass is 10.2. The molecule has 0 radical (unpaired) electrons. The smallest absolute Gasteiger partial charge is 0.263 e. The summed E-state index contributed by atoms with van der Waals surface area (Å²) in [4.78, 5) is 12.5. The average Bonchev–Trinajstić information content (AvgIpc) is 3.16. The first kappa shape index (κ1) is 24.2. The summed E-state index contributed by atoms with van der Waals surface area (Å²) in [7, 11) is -3.83. The van der Waals surface area contributed by atoms with Crippen LogP contribution in [0.5, 0.6) is 5.75 Å². The Balaban J connectivity index is 1.58. The van der Waals surface area contributed by atoms with Gasteiger partial charge in [-0.2, -0.15) is 0 Å². The fourth-order valence-electron chi connectivity index (χ4n) is 2.66. The van der Waals surface area contributed by atoms with Crippen LogP contribution in [0.4, 0.5) is 11.5 Å². The summed E-state index contributed by atoms with van der Waals surface area (Å²) >= 11 is 5.20. The number of ether oxygens (including phenoxy) is 1. The second-order valence-electron chi connectivity index (χ2n) is 7.59. The number of amides is 1. The lowest BCUT2D eigenvalue weighted by Crippen LogP contribution is -2.34. The van der Waals surface area contributed by atoms with Crippen molar-refractivity contribution in [3.8, 4) is 5.75 Å². The highest BCUT2D eigenvalue weighted by Crippen LogP contribution is 2.18. The first-order valence-corrected chi connectivity index (χ1v) is 11.9. The monoisotopic (exact) mass is 488 g/mol. The van der Waals surface area contributed by atoms with Crippen molar-refractivity contribution >= 4 is 44.8 Å². The molecular formula is C22H24N4O5S2. The molecule has 0 atom stereocenters. The van der Waals surface area contributed by atoms with Crippen LogP contribution in [0, 0.1) is 12.8 Å². The summed E-state index contributed by atoms with van der Waals surface area (Å²) in [6.45, 7) is 6.28. The van der Waals surface area contributed by atoms with Gasteiger partial charge < -0.3 is 14.6 Å². The van der Waals surface area contributed by atoms with Gasteiger partial charge in [0.1, 0.15) is 11.5 Å². The van der Waals surface area contributed by atoms with Crippen LogP contribution < -0.4 is 20.1 Å². The van der Waals surface area contributed by atoms with E-state index in [9.17, 15) is 13.2 Å². The zero-order chi connectivity index (χ0) is 24.0. The Morgan fingerprint density at radius 2 is 1.88 bits per heavy atom. The second kappa shape index (κ2) is 10.5. The van der Waals surface area contributed by atoms with Crippen molar-refractivity contribution in [1.82, 2.24) is 10.5 Å². The molecule has 0 aliphatic rings. The van der Waals surface area contributed by atoms with E-state index in [0.29, 0.717) is 35.3 Å². The van der Waals surface area contributed by atoms with Gasteiger partial charge in [0, 0.05) is 17.3 Å². The van der Waals surface area contributed by atoms with Gasteiger partial charge in [-0.25, -0.2) is 8.42 Å². The number of sulfonamides is 1. The van der Waals surface area contributed by atoms with E-state index in [1.54, 1.807) is 31.2 Å². The van der Waals surface area contributed by atoms with Gasteiger partial charge in [0.2, 0.25) is 0 Å². The van der Waals surface area contributed by atoms with Crippen LogP contribution in [-0.2, 0) is 10.0 Å². The predicted octanol–water partition coefficient (Wildman–Crippen LogP) is 3.95. The van der Waals surface area contributed by atoms with E-state index in [1.807, 2.05) is 13.8 Å². The van der Waals surface area contributed by atoms with E-state index in [0.717, 1.165) is 0 Å². The minimum atomic E-state index is -3.83. The number of benzene rings is 2. The molecule has 33 heavy (non-hydrogen) atoms. The summed E-state index contributed by atoms with van der Waals surface area (Å²) in [6.07, 6.45) is 0. The molecule has 0 fully saturated rings. The standard InChI is InChI=1S/C22H24N4O5S2/c1-14(2)13-30-18-6-4-5-16(12-18)21(27)24-22(32)23-17-7-9-19(10-8-17)33(28,29)26-20-11-15(3)31-25-20/h4-12,14H,13H2,1-3H3,(H,25,26)(H2,23,24,27,32). The van der Waals surface area contributed by atoms with Gasteiger partial charge in [-0.1, -0.05) is 25.1 Å². The molecule has 11 heteroatoms. The molecule has 1 amide bonds. The number of nitrogens with zero attached hydrogens (tertiary/aromatic N) is 1. The van der Waals surface area contributed by atoms with Gasteiger partial charge in [-0.3, -0.25) is 14.8 Å². The Labute approximate surface area is 197 Å². The van der Waals surface area contributed by atoms with Crippen molar-refractivity contribution in [2.45, 2.75) is 25.7 Å². The van der Waals surface area contributed by atoms with Crippen molar-refractivity contribution in [2.24, 2.45) is 5.92 Å². The summed E-state index contributed by atoms with van der Waals surface area (Å²) < 4.78 is 37.7. The molecule has 0 unspecified atom stereocenters. The third-order valence-corrected chi connectivity index (χ3v) is 5.77. The zero-order valence-corrected chi connectivity index (χ0v) is 19.9. The number of thiocarbonyl (C=S) groups is 1. The number of carbonyl (C=O) groups excluding carboxylic acids is 1. The van der Waals surface area contributed by atoms with Crippen LogP contribution in [0.3, 0.4) is 0 Å². The highest BCUT2D eigenvalue weighted by Gasteiger charge is 2.16. The van der Waals surface area contributed by atoms with E-state index >= 15 is 0 Å². The molecule has 1 aromatic heterocycles. The fourth-order valence-corrected chi connectivity index (χ4v) is 3.85. The summed E-state index contributed by atoms with van der Waals surface area (Å²) in [5, 5.41) is 9.13. The lowest BCUT2D eigenvalue weighted by molar-refractivity contribution is 0.0977. The minimum absolute atomic E-state index is 0.0295. The Bertz CT molecular complexity index is 1240. The average molecular weight is 489 g/mol. The molecule has 9 nitrogen and oxygen atoms in total. The summed E-state index contributed by atoms with van der Waals surface area (Å²) in [6, 6.07) is 14.1. The second-order valence-corrected chi connectivity index (χ2v) is 9.68. The molecule has 3 aromatic rings. The van der Waals surface area contributed by atoms with Gasteiger partial charge in [-0.05, 0) is 67.5 Å². The van der Waals surface area contributed by atoms with E-state index in [1.165, 1.54) is 30.3 Å². The van der Waals surface area contributed by atoms with E-state index < -0.39 is 15.9 Å². The molecule has 174 valence electrons. The topological polar surface area (TPSA) is 123 Å². The molecule has 2 aromatic carbocycles. The number of rotatable bonds is 8. The van der Waals surface area contributed by atoms with Crippen molar-refractivity contribution in [3.05, 3.63) is 65.9 Å². The Kier molecular flexibility index (Phi) is 7.67. The van der Waals surface area contributed by atoms with Gasteiger partial charge in [-0.15, -0.1) is 0 Å². The van der Waals surface area contributed by atoms with E-state index in [4.69, 9.17) is 21.5 Å². The molecule has 0 saturated carbocycles. The first-order chi connectivity index (χ1) is 15.6. The summed E-state index contributed by atoms with van der Waals surface area (Å²) in [5.41, 5.74) is 0.904. The van der Waals surface area contributed by atoms with Crippen LogP contribution in [0.1, 0.15) is 30.0 Å². The molecular weight excluding hydrogens is 464 g/mol. The molecule has 1 heterocycles. The predicted molar refractivity (Wildman–Crippen MR) is 129 cm³/mol. The van der Waals surface area contributed by atoms with E-state index in [-0.39, 0.29) is 15.8 Å². The Morgan fingerprint density at radius 3 is 2.52 bits per heavy atom.